The van der Waals surface area contributed by atoms with Crippen LogP contribution in [0.15, 0.2) is 18.2 Å². The summed E-state index contributed by atoms with van der Waals surface area (Å²) in [6, 6.07) is 5.65. The smallest absolute Gasteiger partial charge is 0.255 e. The molecule has 0 spiro atoms. The number of benzene rings is 1. The highest BCUT2D eigenvalue weighted by molar-refractivity contribution is 6.05. The first-order chi connectivity index (χ1) is 14.1. The first-order valence-corrected chi connectivity index (χ1v) is 10.8. The van der Waals surface area contributed by atoms with Gasteiger partial charge in [0.15, 0.2) is 0 Å². The van der Waals surface area contributed by atoms with E-state index in [1.54, 1.807) is 4.90 Å². The molecular weight excluding hydrogens is 368 g/mol. The third-order valence-electron chi connectivity index (χ3n) is 6.63. The molecule has 1 saturated carbocycles. The molecule has 2 heterocycles. The minimum atomic E-state index is -0.568. The molecule has 1 aliphatic carbocycles. The Kier molecular flexibility index (Phi) is 5.96. The Hall–Kier alpha value is -2.25. The van der Waals surface area contributed by atoms with Gasteiger partial charge < -0.3 is 16.0 Å². The number of carbonyl (C=O) groups is 3. The molecule has 7 heteroatoms. The van der Waals surface area contributed by atoms with Crippen LogP contribution in [0, 0.1) is 5.92 Å². The van der Waals surface area contributed by atoms with E-state index in [9.17, 15) is 14.4 Å². The van der Waals surface area contributed by atoms with Gasteiger partial charge in [0.05, 0.1) is 0 Å². The molecule has 3 amide bonds. The number of fused-ring (bicyclic) bond motifs is 1. The molecule has 1 aromatic carbocycles. The summed E-state index contributed by atoms with van der Waals surface area (Å²) >= 11 is 0. The molecule has 3 aliphatic rings. The Morgan fingerprint density at radius 3 is 2.66 bits per heavy atom. The normalized spacial score (nSPS) is 23.8. The molecule has 1 unspecified atom stereocenters. The summed E-state index contributed by atoms with van der Waals surface area (Å²) in [7, 11) is 0. The molecule has 2 aliphatic heterocycles. The van der Waals surface area contributed by atoms with Gasteiger partial charge in [-0.05, 0) is 42.4 Å². The zero-order valence-corrected chi connectivity index (χ0v) is 16.8. The molecule has 4 rings (SSSR count). The molecular formula is C22H30N4O3. The van der Waals surface area contributed by atoms with Crippen molar-refractivity contribution in [2.75, 3.05) is 6.54 Å². The maximum Gasteiger partial charge on any atom is 0.255 e. The fraction of sp³-hybridized carbons (Fsp3) is 0.591. The maximum absolute atomic E-state index is 12.8. The highest BCUT2D eigenvalue weighted by Gasteiger charge is 2.39. The number of nitrogens with zero attached hydrogens (tertiary/aromatic N) is 1. The van der Waals surface area contributed by atoms with E-state index in [0.717, 1.165) is 17.7 Å². The van der Waals surface area contributed by atoms with Crippen LogP contribution < -0.4 is 16.4 Å². The predicted molar refractivity (Wildman–Crippen MR) is 109 cm³/mol. The number of imide groups is 1. The van der Waals surface area contributed by atoms with E-state index in [-0.39, 0.29) is 24.1 Å². The second kappa shape index (κ2) is 8.63. The fourth-order valence-electron chi connectivity index (χ4n) is 4.97. The van der Waals surface area contributed by atoms with Crippen molar-refractivity contribution in [2.24, 2.45) is 11.7 Å². The largest absolute Gasteiger partial charge is 0.329 e. The summed E-state index contributed by atoms with van der Waals surface area (Å²) in [6.07, 6.45) is 7.06. The molecule has 0 bridgehead atoms. The quantitative estimate of drug-likeness (QED) is 0.629. The van der Waals surface area contributed by atoms with Gasteiger partial charge in [-0.3, -0.25) is 19.7 Å². The van der Waals surface area contributed by atoms with Gasteiger partial charge in [0.2, 0.25) is 11.8 Å². The Labute approximate surface area is 171 Å². The van der Waals surface area contributed by atoms with Crippen LogP contribution in [-0.2, 0) is 22.7 Å². The molecule has 0 aromatic heterocycles. The van der Waals surface area contributed by atoms with Crippen molar-refractivity contribution < 1.29 is 14.4 Å². The Bertz CT molecular complexity index is 803. The van der Waals surface area contributed by atoms with Crippen LogP contribution in [0.2, 0.25) is 0 Å². The lowest BCUT2D eigenvalue weighted by atomic mass is 9.84. The first-order valence-electron chi connectivity index (χ1n) is 10.8. The molecule has 29 heavy (non-hydrogen) atoms. The van der Waals surface area contributed by atoms with E-state index >= 15 is 0 Å². The zero-order chi connectivity index (χ0) is 20.4. The van der Waals surface area contributed by atoms with Gasteiger partial charge in [0.1, 0.15) is 6.04 Å². The number of carbonyl (C=O) groups excluding carboxylic acids is 3. The average Bonchev–Trinajstić information content (AvgIpc) is 3.05. The highest BCUT2D eigenvalue weighted by atomic mass is 16.2. The molecule has 4 N–H and O–H groups in total. The van der Waals surface area contributed by atoms with Crippen molar-refractivity contribution in [2.45, 2.75) is 70.1 Å². The van der Waals surface area contributed by atoms with Crippen LogP contribution in [0.1, 0.15) is 66.4 Å². The van der Waals surface area contributed by atoms with Crippen molar-refractivity contribution in [3.8, 4) is 0 Å². The summed E-state index contributed by atoms with van der Waals surface area (Å²) in [5.41, 5.74) is 8.74. The number of amides is 3. The van der Waals surface area contributed by atoms with Crippen molar-refractivity contribution in [1.82, 2.24) is 15.5 Å². The number of hydrogen-bond acceptors (Lipinski definition) is 5. The SMILES string of the molecule is NC[C@@H](NCc1ccc2c(c1)CN(C1CCC(=O)NC1=O)C2=O)C1CCCCC1. The average molecular weight is 399 g/mol. The maximum atomic E-state index is 12.8. The van der Waals surface area contributed by atoms with Gasteiger partial charge in [-0.1, -0.05) is 31.4 Å². The van der Waals surface area contributed by atoms with Crippen molar-refractivity contribution >= 4 is 17.7 Å². The standard InChI is InChI=1S/C22H30N4O3/c23-11-18(15-4-2-1-3-5-15)24-12-14-6-7-17-16(10-14)13-26(22(17)29)19-8-9-20(27)25-21(19)28/h6-7,10,15,18-19,24H,1-5,8-9,11-13,23H2,(H,25,27,28)/t18-,19?/m1/s1. The van der Waals surface area contributed by atoms with Crippen LogP contribution in [0.3, 0.4) is 0 Å². The van der Waals surface area contributed by atoms with Gasteiger partial charge in [0.25, 0.3) is 5.91 Å². The van der Waals surface area contributed by atoms with Gasteiger partial charge in [0, 0.05) is 37.7 Å². The minimum Gasteiger partial charge on any atom is -0.329 e. The van der Waals surface area contributed by atoms with Crippen LogP contribution in [0.25, 0.3) is 0 Å². The van der Waals surface area contributed by atoms with Gasteiger partial charge in [-0.25, -0.2) is 0 Å². The van der Waals surface area contributed by atoms with E-state index < -0.39 is 6.04 Å². The Balaban J connectivity index is 1.40. The summed E-state index contributed by atoms with van der Waals surface area (Å²) in [5.74, 6) is -0.123. The second-order valence-electron chi connectivity index (χ2n) is 8.51. The second-order valence-corrected chi connectivity index (χ2v) is 8.51. The summed E-state index contributed by atoms with van der Waals surface area (Å²) in [6.45, 7) is 1.77. The summed E-state index contributed by atoms with van der Waals surface area (Å²) < 4.78 is 0. The number of nitrogens with two attached hydrogens (primary N) is 1. The van der Waals surface area contributed by atoms with E-state index in [2.05, 4.69) is 16.7 Å². The van der Waals surface area contributed by atoms with Gasteiger partial charge in [-0.15, -0.1) is 0 Å². The third-order valence-corrected chi connectivity index (χ3v) is 6.63. The lowest BCUT2D eigenvalue weighted by Crippen LogP contribution is -2.52. The van der Waals surface area contributed by atoms with E-state index in [1.165, 1.54) is 32.1 Å². The monoisotopic (exact) mass is 398 g/mol. The fourth-order valence-corrected chi connectivity index (χ4v) is 4.97. The van der Waals surface area contributed by atoms with Crippen LogP contribution in [0.4, 0.5) is 0 Å². The molecule has 7 nitrogen and oxygen atoms in total. The number of rotatable bonds is 6. The zero-order valence-electron chi connectivity index (χ0n) is 16.8. The number of hydrogen-bond donors (Lipinski definition) is 3. The van der Waals surface area contributed by atoms with Crippen molar-refractivity contribution in [3.05, 3.63) is 34.9 Å². The predicted octanol–water partition coefficient (Wildman–Crippen LogP) is 1.44. The molecule has 1 saturated heterocycles. The molecule has 2 atom stereocenters. The van der Waals surface area contributed by atoms with Gasteiger partial charge >= 0.3 is 0 Å². The lowest BCUT2D eigenvalue weighted by molar-refractivity contribution is -0.136. The summed E-state index contributed by atoms with van der Waals surface area (Å²) in [5, 5.41) is 5.96. The Morgan fingerprint density at radius 1 is 1.14 bits per heavy atom. The topological polar surface area (TPSA) is 105 Å². The number of nitrogens with one attached hydrogen (secondary N) is 2. The third kappa shape index (κ3) is 4.21. The number of piperidine rings is 1. The van der Waals surface area contributed by atoms with E-state index in [1.807, 2.05) is 12.1 Å². The van der Waals surface area contributed by atoms with Crippen molar-refractivity contribution in [3.63, 3.8) is 0 Å². The van der Waals surface area contributed by atoms with Crippen molar-refractivity contribution in [1.29, 1.82) is 0 Å². The molecule has 156 valence electrons. The van der Waals surface area contributed by atoms with Crippen LogP contribution >= 0.6 is 0 Å². The highest BCUT2D eigenvalue weighted by Crippen LogP contribution is 2.29. The van der Waals surface area contributed by atoms with Crippen LogP contribution in [-0.4, -0.2) is 41.2 Å². The first kappa shape index (κ1) is 20.0. The van der Waals surface area contributed by atoms with Gasteiger partial charge in [-0.2, -0.15) is 0 Å². The molecule has 0 radical (unpaired) electrons. The van der Waals surface area contributed by atoms with E-state index in [4.69, 9.17) is 5.73 Å². The van der Waals surface area contributed by atoms with E-state index in [0.29, 0.717) is 37.0 Å². The lowest BCUT2D eigenvalue weighted by Gasteiger charge is -2.30. The van der Waals surface area contributed by atoms with Crippen LogP contribution in [0.5, 0.6) is 0 Å². The molecule has 1 aromatic rings. The molecule has 2 fully saturated rings. The summed E-state index contributed by atoms with van der Waals surface area (Å²) in [4.78, 5) is 37.9. The minimum absolute atomic E-state index is 0.129. The Morgan fingerprint density at radius 2 is 1.93 bits per heavy atom.